The number of nitrogens with one attached hydrogen (secondary N) is 1. The lowest BCUT2D eigenvalue weighted by molar-refractivity contribution is 0.0827. The highest BCUT2D eigenvalue weighted by Crippen LogP contribution is 2.31. The Morgan fingerprint density at radius 1 is 1.11 bits per heavy atom. The molecule has 1 amide bonds. The van der Waals surface area contributed by atoms with Crippen LogP contribution in [0.4, 0.5) is 0 Å². The molecule has 0 saturated carbocycles. The molecule has 0 spiro atoms. The van der Waals surface area contributed by atoms with E-state index in [9.17, 15) is 13.2 Å². The molecule has 0 bridgehead atoms. The molecule has 7 heteroatoms. The molecule has 1 N–H and O–H groups in total. The van der Waals surface area contributed by atoms with Crippen LogP contribution < -0.4 is 5.32 Å². The van der Waals surface area contributed by atoms with Crippen LogP contribution in [-0.2, 0) is 22.8 Å². The van der Waals surface area contributed by atoms with Crippen LogP contribution in [0.3, 0.4) is 0 Å². The lowest BCUT2D eigenvalue weighted by Gasteiger charge is -2.11. The number of furan rings is 1. The largest absolute Gasteiger partial charge is 0.459 e. The molecule has 0 aliphatic carbocycles. The molecule has 1 aliphatic rings. The Balaban J connectivity index is 1.78. The molecule has 27 heavy (non-hydrogen) atoms. The van der Waals surface area contributed by atoms with Gasteiger partial charge in [-0.3, -0.25) is 4.79 Å². The monoisotopic (exact) mass is 384 g/mol. The van der Waals surface area contributed by atoms with Crippen molar-refractivity contribution in [2.75, 3.05) is 20.6 Å². The van der Waals surface area contributed by atoms with Crippen molar-refractivity contribution in [1.29, 1.82) is 0 Å². The van der Waals surface area contributed by atoms with Gasteiger partial charge in [0.15, 0.2) is 0 Å². The SMILES string of the molecule is CN(C)C(=O)c1cccc(S(=O)(=O)c2ccc3c4c(oc3c2)CNCC4)c1. The minimum Gasteiger partial charge on any atom is -0.459 e. The number of sulfone groups is 1. The zero-order valence-corrected chi connectivity index (χ0v) is 16.0. The summed E-state index contributed by atoms with van der Waals surface area (Å²) in [6.07, 6.45) is 0.864. The van der Waals surface area contributed by atoms with E-state index >= 15 is 0 Å². The highest BCUT2D eigenvalue weighted by molar-refractivity contribution is 7.91. The van der Waals surface area contributed by atoms with E-state index < -0.39 is 9.84 Å². The van der Waals surface area contributed by atoms with Gasteiger partial charge in [0.1, 0.15) is 11.3 Å². The lowest BCUT2D eigenvalue weighted by atomic mass is 10.1. The van der Waals surface area contributed by atoms with Crippen LogP contribution in [0.5, 0.6) is 0 Å². The molecule has 2 heterocycles. The Hall–Kier alpha value is -2.64. The molecule has 0 unspecified atom stereocenters. The maximum Gasteiger partial charge on any atom is 0.253 e. The van der Waals surface area contributed by atoms with E-state index in [2.05, 4.69) is 5.32 Å². The number of hydrogen-bond acceptors (Lipinski definition) is 5. The van der Waals surface area contributed by atoms with Crippen molar-refractivity contribution >= 4 is 26.7 Å². The second-order valence-corrected chi connectivity index (χ2v) is 8.77. The van der Waals surface area contributed by atoms with Gasteiger partial charge in [0.2, 0.25) is 9.84 Å². The first-order chi connectivity index (χ1) is 12.9. The fourth-order valence-electron chi connectivity index (χ4n) is 3.37. The van der Waals surface area contributed by atoms with Gasteiger partial charge in [-0.2, -0.15) is 0 Å². The van der Waals surface area contributed by atoms with E-state index in [-0.39, 0.29) is 15.7 Å². The summed E-state index contributed by atoms with van der Waals surface area (Å²) in [6.45, 7) is 1.54. The number of nitrogens with zero attached hydrogens (tertiary/aromatic N) is 1. The highest BCUT2D eigenvalue weighted by Gasteiger charge is 2.23. The minimum atomic E-state index is -3.76. The van der Waals surface area contributed by atoms with Gasteiger partial charge >= 0.3 is 0 Å². The van der Waals surface area contributed by atoms with Gasteiger partial charge in [0.05, 0.1) is 16.3 Å². The maximum absolute atomic E-state index is 13.1. The second kappa shape index (κ2) is 6.51. The van der Waals surface area contributed by atoms with Gasteiger partial charge in [-0.25, -0.2) is 8.42 Å². The molecule has 6 nitrogen and oxygen atoms in total. The van der Waals surface area contributed by atoms with E-state index in [4.69, 9.17) is 4.42 Å². The molecule has 0 saturated heterocycles. The van der Waals surface area contributed by atoms with Crippen LogP contribution in [0.1, 0.15) is 21.7 Å². The molecular formula is C20H20N2O4S. The van der Waals surface area contributed by atoms with Crippen molar-refractivity contribution in [3.05, 3.63) is 59.4 Å². The number of hydrogen-bond donors (Lipinski definition) is 1. The number of benzene rings is 2. The maximum atomic E-state index is 13.1. The number of carbonyl (C=O) groups is 1. The average molecular weight is 384 g/mol. The fraction of sp³-hybridized carbons (Fsp3) is 0.250. The van der Waals surface area contributed by atoms with Gasteiger partial charge in [-0.1, -0.05) is 6.07 Å². The summed E-state index contributed by atoms with van der Waals surface area (Å²) in [5, 5.41) is 4.21. The van der Waals surface area contributed by atoms with Crippen molar-refractivity contribution in [2.24, 2.45) is 0 Å². The van der Waals surface area contributed by atoms with E-state index in [1.165, 1.54) is 17.0 Å². The summed E-state index contributed by atoms with van der Waals surface area (Å²) >= 11 is 0. The van der Waals surface area contributed by atoms with Gasteiger partial charge < -0.3 is 14.6 Å². The third kappa shape index (κ3) is 3.02. The topological polar surface area (TPSA) is 79.6 Å². The molecule has 0 atom stereocenters. The van der Waals surface area contributed by atoms with E-state index in [0.29, 0.717) is 17.7 Å². The number of fused-ring (bicyclic) bond motifs is 3. The molecule has 2 aromatic carbocycles. The molecule has 0 fully saturated rings. The Morgan fingerprint density at radius 2 is 1.89 bits per heavy atom. The van der Waals surface area contributed by atoms with Crippen molar-refractivity contribution in [3.63, 3.8) is 0 Å². The van der Waals surface area contributed by atoms with Crippen molar-refractivity contribution in [3.8, 4) is 0 Å². The van der Waals surface area contributed by atoms with Gasteiger partial charge in [-0.05, 0) is 43.3 Å². The zero-order valence-electron chi connectivity index (χ0n) is 15.2. The summed E-state index contributed by atoms with van der Waals surface area (Å²) in [5.41, 5.74) is 2.05. The smallest absolute Gasteiger partial charge is 0.253 e. The predicted molar refractivity (Wildman–Crippen MR) is 102 cm³/mol. The molecule has 1 aliphatic heterocycles. The fourth-order valence-corrected chi connectivity index (χ4v) is 4.69. The number of amides is 1. The summed E-state index contributed by atoms with van der Waals surface area (Å²) in [5.74, 6) is 0.623. The zero-order chi connectivity index (χ0) is 19.2. The van der Waals surface area contributed by atoms with Crippen LogP contribution >= 0.6 is 0 Å². The van der Waals surface area contributed by atoms with Crippen LogP contribution in [0.25, 0.3) is 11.0 Å². The summed E-state index contributed by atoms with van der Waals surface area (Å²) in [7, 11) is -0.500. The molecule has 4 rings (SSSR count). The molecule has 1 aromatic heterocycles. The molecular weight excluding hydrogens is 364 g/mol. The van der Waals surface area contributed by atoms with Crippen LogP contribution in [0.2, 0.25) is 0 Å². The third-order valence-corrected chi connectivity index (χ3v) is 6.54. The first kappa shape index (κ1) is 17.8. The Morgan fingerprint density at radius 3 is 2.67 bits per heavy atom. The van der Waals surface area contributed by atoms with Crippen molar-refractivity contribution in [2.45, 2.75) is 22.8 Å². The van der Waals surface area contributed by atoms with Crippen LogP contribution in [-0.4, -0.2) is 39.9 Å². The third-order valence-electron chi connectivity index (χ3n) is 4.79. The Kier molecular flexibility index (Phi) is 4.28. The van der Waals surface area contributed by atoms with Crippen molar-refractivity contribution in [1.82, 2.24) is 10.2 Å². The average Bonchev–Trinajstić information content (AvgIpc) is 3.05. The standard InChI is InChI=1S/C20H20N2O4S/c1-22(2)20(23)13-4-3-5-14(10-13)27(24,25)15-6-7-16-17-8-9-21-12-19(17)26-18(16)11-15/h3-7,10-11,21H,8-9,12H2,1-2H3. The normalized spacial score (nSPS) is 14.1. The number of carbonyl (C=O) groups excluding carboxylic acids is 1. The quantitative estimate of drug-likeness (QED) is 0.751. The van der Waals surface area contributed by atoms with Gasteiger partial charge in [-0.15, -0.1) is 0 Å². The van der Waals surface area contributed by atoms with E-state index in [1.54, 1.807) is 38.4 Å². The second-order valence-electron chi connectivity index (χ2n) is 6.82. The minimum absolute atomic E-state index is 0.0903. The molecule has 3 aromatic rings. The predicted octanol–water partition coefficient (Wildman–Crippen LogP) is 2.61. The highest BCUT2D eigenvalue weighted by atomic mass is 32.2. The Bertz CT molecular complexity index is 1150. The van der Waals surface area contributed by atoms with E-state index in [1.807, 2.05) is 6.07 Å². The molecule has 140 valence electrons. The van der Waals surface area contributed by atoms with Gasteiger partial charge in [0.25, 0.3) is 5.91 Å². The van der Waals surface area contributed by atoms with Crippen LogP contribution in [0.15, 0.2) is 56.7 Å². The van der Waals surface area contributed by atoms with Crippen LogP contribution in [0, 0.1) is 0 Å². The summed E-state index contributed by atoms with van der Waals surface area (Å²) < 4.78 is 32.0. The van der Waals surface area contributed by atoms with E-state index in [0.717, 1.165) is 29.7 Å². The Labute approximate surface area is 157 Å². The number of rotatable bonds is 3. The lowest BCUT2D eigenvalue weighted by Crippen LogP contribution is -2.22. The summed E-state index contributed by atoms with van der Waals surface area (Å²) in [4.78, 5) is 13.8. The molecule has 0 radical (unpaired) electrons. The van der Waals surface area contributed by atoms with Crippen molar-refractivity contribution < 1.29 is 17.6 Å². The summed E-state index contributed by atoms with van der Waals surface area (Å²) in [6, 6.07) is 11.1. The first-order valence-corrected chi connectivity index (χ1v) is 10.2. The first-order valence-electron chi connectivity index (χ1n) is 8.70. The van der Waals surface area contributed by atoms with Gasteiger partial charge in [0, 0.05) is 36.7 Å².